The van der Waals surface area contributed by atoms with Crippen molar-refractivity contribution in [2.24, 2.45) is 0 Å². The van der Waals surface area contributed by atoms with Crippen molar-refractivity contribution in [3.05, 3.63) is 53.7 Å². The summed E-state index contributed by atoms with van der Waals surface area (Å²) in [5, 5.41) is 32.7. The maximum atomic E-state index is 13.4. The van der Waals surface area contributed by atoms with Crippen molar-refractivity contribution in [1.82, 2.24) is 4.57 Å². The summed E-state index contributed by atoms with van der Waals surface area (Å²) >= 11 is 0. The van der Waals surface area contributed by atoms with Gasteiger partial charge in [0.05, 0.1) is 24.7 Å². The molecule has 9 nitrogen and oxygen atoms in total. The number of nitrogens with zero attached hydrogens (tertiary/aromatic N) is 1. The molecule has 2 aromatic carbocycles. The lowest BCUT2D eigenvalue weighted by Gasteiger charge is -2.23. The van der Waals surface area contributed by atoms with E-state index in [0.717, 1.165) is 0 Å². The number of fused-ring (bicyclic) bond motifs is 2. The molecule has 1 aromatic heterocycles. The van der Waals surface area contributed by atoms with Gasteiger partial charge in [0.1, 0.15) is 5.41 Å². The van der Waals surface area contributed by atoms with Crippen LogP contribution < -0.4 is 14.8 Å². The highest BCUT2D eigenvalue weighted by molar-refractivity contribution is 6.02. The Kier molecular flexibility index (Phi) is 5.68. The lowest BCUT2D eigenvalue weighted by molar-refractivity contribution is -0.286. The first-order valence-electron chi connectivity index (χ1n) is 11.7. The second-order valence-corrected chi connectivity index (χ2v) is 10.0. The number of carboxylic acids is 1. The molecule has 1 saturated carbocycles. The number of carbonyl (C=O) groups is 2. The number of aliphatic hydroxyl groups excluding tert-OH is 2. The maximum Gasteiger partial charge on any atom is 0.586 e. The van der Waals surface area contributed by atoms with Crippen LogP contribution in [-0.2, 0) is 27.0 Å². The zero-order chi connectivity index (χ0) is 26.8. The Morgan fingerprint density at radius 3 is 2.49 bits per heavy atom. The molecule has 202 valence electrons. The van der Waals surface area contributed by atoms with Crippen LogP contribution in [0.5, 0.6) is 11.5 Å². The molecule has 11 heteroatoms. The fourth-order valence-corrected chi connectivity index (χ4v) is 4.71. The van der Waals surface area contributed by atoms with Crippen molar-refractivity contribution in [3.8, 4) is 11.5 Å². The van der Waals surface area contributed by atoms with E-state index in [1.165, 1.54) is 12.1 Å². The fourth-order valence-electron chi connectivity index (χ4n) is 4.71. The average Bonchev–Trinajstić information content (AvgIpc) is 3.48. The summed E-state index contributed by atoms with van der Waals surface area (Å²) < 4.78 is 37.4. The topological polar surface area (TPSA) is 130 Å². The van der Waals surface area contributed by atoms with Crippen LogP contribution in [0.4, 0.5) is 14.5 Å². The molecule has 1 amide bonds. The number of halogens is 2. The number of hydrogen-bond acceptors (Lipinski definition) is 6. The van der Waals surface area contributed by atoms with Gasteiger partial charge in [0.2, 0.25) is 5.91 Å². The number of aromatic nitrogens is 1. The van der Waals surface area contributed by atoms with Crippen LogP contribution in [0.2, 0.25) is 0 Å². The summed E-state index contributed by atoms with van der Waals surface area (Å²) in [4.78, 5) is 25.2. The van der Waals surface area contributed by atoms with Gasteiger partial charge in [0, 0.05) is 26.6 Å². The van der Waals surface area contributed by atoms with Gasteiger partial charge < -0.3 is 34.7 Å². The van der Waals surface area contributed by atoms with E-state index in [2.05, 4.69) is 14.8 Å². The standard InChI is InChI=1S/C26H26F2N2O7.3H2/c1-24(2,23(34)35)21-10-14-9-16(4-5-18(14)30(21)12-17(32)13-31)29-22(33)25(7-8-25)15-3-6-19-20(11-15)37-26(27,28)36-19;;;/h3-6,9-11,17,31-32H,7-8,12-13H2,1-2H3,(H,29,33)(H,34,35);3*1H/t17-;;;/m1.../s1. The first-order chi connectivity index (χ1) is 17.4. The molecule has 0 radical (unpaired) electrons. The fraction of sp³-hybridized carbons (Fsp3) is 0.385. The van der Waals surface area contributed by atoms with Crippen molar-refractivity contribution in [2.75, 3.05) is 11.9 Å². The van der Waals surface area contributed by atoms with Gasteiger partial charge in [0.25, 0.3) is 0 Å². The minimum Gasteiger partial charge on any atom is -0.481 e. The number of carboxylic acid groups (broad SMARTS) is 1. The molecule has 2 aliphatic rings. The second kappa shape index (κ2) is 8.42. The van der Waals surface area contributed by atoms with Crippen molar-refractivity contribution in [3.63, 3.8) is 0 Å². The van der Waals surface area contributed by atoms with Gasteiger partial charge in [-0.15, -0.1) is 8.78 Å². The van der Waals surface area contributed by atoms with E-state index >= 15 is 0 Å². The van der Waals surface area contributed by atoms with Crippen molar-refractivity contribution in [1.29, 1.82) is 0 Å². The van der Waals surface area contributed by atoms with Crippen molar-refractivity contribution < 1.29 is 47.4 Å². The highest BCUT2D eigenvalue weighted by atomic mass is 19.3. The summed E-state index contributed by atoms with van der Waals surface area (Å²) in [5.41, 5.74) is -0.101. The molecule has 0 bridgehead atoms. The van der Waals surface area contributed by atoms with E-state index in [4.69, 9.17) is 0 Å². The third-order valence-corrected chi connectivity index (χ3v) is 7.08. The van der Waals surface area contributed by atoms with E-state index in [0.29, 0.717) is 40.7 Å². The smallest absolute Gasteiger partial charge is 0.481 e. The van der Waals surface area contributed by atoms with E-state index < -0.39 is 35.8 Å². The number of aliphatic hydroxyl groups is 2. The summed E-state index contributed by atoms with van der Waals surface area (Å²) in [6.45, 7) is 2.60. The number of aliphatic carboxylic acids is 1. The van der Waals surface area contributed by atoms with E-state index in [1.807, 2.05) is 0 Å². The Hall–Kier alpha value is -3.70. The molecule has 0 saturated heterocycles. The first kappa shape index (κ1) is 25.0. The Labute approximate surface area is 214 Å². The van der Waals surface area contributed by atoms with Gasteiger partial charge in [-0.05, 0) is 68.7 Å². The SMILES string of the molecule is CC(C)(C(=O)O)c1cc2cc(NC(=O)C3(c4ccc5c(c4)OC(F)(F)O5)CC3)ccc2n1C[C@@H](O)CO.[HH].[HH].[HH]. The van der Waals surface area contributed by atoms with E-state index in [-0.39, 0.29) is 28.2 Å². The van der Waals surface area contributed by atoms with Gasteiger partial charge in [-0.2, -0.15) is 0 Å². The predicted molar refractivity (Wildman–Crippen MR) is 134 cm³/mol. The quantitative estimate of drug-likeness (QED) is 0.351. The molecule has 37 heavy (non-hydrogen) atoms. The van der Waals surface area contributed by atoms with Gasteiger partial charge in [-0.3, -0.25) is 9.59 Å². The van der Waals surface area contributed by atoms with Crippen LogP contribution in [0.15, 0.2) is 42.5 Å². The number of hydrogen-bond donors (Lipinski definition) is 4. The Balaban J connectivity index is 0.00000187. The monoisotopic (exact) mass is 522 g/mol. The molecule has 4 N–H and O–H groups in total. The normalized spacial score (nSPS) is 18.0. The van der Waals surface area contributed by atoms with Gasteiger partial charge in [-0.1, -0.05) is 6.07 Å². The Morgan fingerprint density at radius 2 is 1.84 bits per heavy atom. The van der Waals surface area contributed by atoms with Crippen LogP contribution in [0.3, 0.4) is 0 Å². The minimum atomic E-state index is -3.74. The highest BCUT2D eigenvalue weighted by Gasteiger charge is 2.52. The molecule has 1 aliphatic heterocycles. The molecule has 5 rings (SSSR count). The molecule has 3 aromatic rings. The van der Waals surface area contributed by atoms with Crippen molar-refractivity contribution in [2.45, 2.75) is 56.5 Å². The number of nitrogens with one attached hydrogen (secondary N) is 1. The molecular formula is C26H32F2N2O7. The third-order valence-electron chi connectivity index (χ3n) is 7.08. The first-order valence-corrected chi connectivity index (χ1v) is 11.7. The van der Waals surface area contributed by atoms with Gasteiger partial charge in [0.15, 0.2) is 11.5 Å². The number of ether oxygens (including phenoxy) is 2. The second-order valence-electron chi connectivity index (χ2n) is 10.0. The Bertz CT molecular complexity index is 1430. The van der Waals surface area contributed by atoms with Gasteiger partial charge in [-0.25, -0.2) is 0 Å². The number of alkyl halides is 2. The largest absolute Gasteiger partial charge is 0.586 e. The van der Waals surface area contributed by atoms with Crippen LogP contribution in [-0.4, -0.2) is 50.8 Å². The molecule has 2 heterocycles. The third kappa shape index (κ3) is 4.27. The molecule has 1 aliphatic carbocycles. The summed E-state index contributed by atoms with van der Waals surface area (Å²) in [7, 11) is 0. The number of benzene rings is 2. The van der Waals surface area contributed by atoms with Crippen LogP contribution >= 0.6 is 0 Å². The minimum absolute atomic E-state index is 0. The van der Waals surface area contributed by atoms with Gasteiger partial charge >= 0.3 is 12.3 Å². The number of rotatable bonds is 8. The van der Waals surface area contributed by atoms with Crippen LogP contribution in [0.1, 0.15) is 42.2 Å². The zero-order valence-electron chi connectivity index (χ0n) is 20.1. The lowest BCUT2D eigenvalue weighted by atomic mass is 9.89. The molecule has 0 unspecified atom stereocenters. The molecule has 1 fully saturated rings. The average molecular weight is 523 g/mol. The summed E-state index contributed by atoms with van der Waals surface area (Å²) in [5.74, 6) is -1.58. The zero-order valence-corrected chi connectivity index (χ0v) is 20.1. The lowest BCUT2D eigenvalue weighted by Crippen LogP contribution is -2.33. The predicted octanol–water partition coefficient (Wildman–Crippen LogP) is 4.09. The van der Waals surface area contributed by atoms with E-state index in [9.17, 15) is 33.7 Å². The Morgan fingerprint density at radius 1 is 1.14 bits per heavy atom. The summed E-state index contributed by atoms with van der Waals surface area (Å²) in [6.07, 6.45) is -3.77. The number of carbonyl (C=O) groups excluding carboxylic acids is 1. The number of amides is 1. The van der Waals surface area contributed by atoms with Crippen molar-refractivity contribution >= 4 is 28.5 Å². The summed E-state index contributed by atoms with van der Waals surface area (Å²) in [6, 6.07) is 11.1. The molecular weight excluding hydrogens is 490 g/mol. The highest BCUT2D eigenvalue weighted by Crippen LogP contribution is 2.52. The number of anilines is 1. The van der Waals surface area contributed by atoms with E-state index in [1.54, 1.807) is 48.7 Å². The molecule has 1 atom stereocenters. The van der Waals surface area contributed by atoms with Crippen LogP contribution in [0.25, 0.3) is 10.9 Å². The van der Waals surface area contributed by atoms with Crippen LogP contribution in [0, 0.1) is 0 Å². The molecule has 0 spiro atoms. The maximum absolute atomic E-state index is 13.4.